The lowest BCUT2D eigenvalue weighted by Gasteiger charge is -2.02. The summed E-state index contributed by atoms with van der Waals surface area (Å²) in [6, 6.07) is 4.28. The first-order valence-corrected chi connectivity index (χ1v) is 6.19. The molecule has 16 heavy (non-hydrogen) atoms. The molecule has 0 atom stereocenters. The van der Waals surface area contributed by atoms with Crippen molar-refractivity contribution < 1.29 is 0 Å². The van der Waals surface area contributed by atoms with E-state index in [1.165, 1.54) is 9.75 Å². The standard InChI is InChI=1S/C11H19N3S.HI/c1-3-7-13-11(12)14-8-10-6-5-9(4-2)15-10;/h5-6H,3-4,7-8H2,1-2H3,(H3,12,13,14);1H. The second-order valence-electron chi connectivity index (χ2n) is 3.35. The number of nitrogens with one attached hydrogen (secondary N) is 1. The van der Waals surface area contributed by atoms with E-state index in [2.05, 4.69) is 36.3 Å². The highest BCUT2D eigenvalue weighted by Crippen LogP contribution is 2.17. The van der Waals surface area contributed by atoms with Gasteiger partial charge < -0.3 is 11.1 Å². The summed E-state index contributed by atoms with van der Waals surface area (Å²) in [6.45, 7) is 5.84. The van der Waals surface area contributed by atoms with Crippen molar-refractivity contribution in [2.45, 2.75) is 33.2 Å². The zero-order valence-corrected chi connectivity index (χ0v) is 13.0. The largest absolute Gasteiger partial charge is 0.370 e. The van der Waals surface area contributed by atoms with Gasteiger partial charge in [-0.25, -0.2) is 4.99 Å². The number of guanidine groups is 1. The molecule has 1 aromatic rings. The molecule has 0 saturated carbocycles. The number of nitrogens with two attached hydrogens (primary N) is 1. The molecule has 1 heterocycles. The van der Waals surface area contributed by atoms with Crippen LogP contribution in [0.1, 0.15) is 30.0 Å². The fraction of sp³-hybridized carbons (Fsp3) is 0.545. The molecule has 5 heteroatoms. The minimum absolute atomic E-state index is 0. The van der Waals surface area contributed by atoms with Gasteiger partial charge in [0.15, 0.2) is 5.96 Å². The average molecular weight is 353 g/mol. The lowest BCUT2D eigenvalue weighted by atomic mass is 10.4. The van der Waals surface area contributed by atoms with Crippen LogP contribution in [0, 0.1) is 0 Å². The average Bonchev–Trinajstić information content (AvgIpc) is 2.71. The van der Waals surface area contributed by atoms with Crippen molar-refractivity contribution in [1.29, 1.82) is 0 Å². The van der Waals surface area contributed by atoms with Crippen LogP contribution in [0.25, 0.3) is 0 Å². The molecule has 0 spiro atoms. The van der Waals surface area contributed by atoms with Gasteiger partial charge in [-0.05, 0) is 25.0 Å². The third-order valence-corrected chi connectivity index (χ3v) is 3.24. The minimum atomic E-state index is 0. The molecular formula is C11H20IN3S. The van der Waals surface area contributed by atoms with Gasteiger partial charge in [-0.2, -0.15) is 0 Å². The Kier molecular flexibility index (Phi) is 8.64. The Morgan fingerprint density at radius 2 is 2.06 bits per heavy atom. The molecule has 92 valence electrons. The summed E-state index contributed by atoms with van der Waals surface area (Å²) in [7, 11) is 0. The quantitative estimate of drug-likeness (QED) is 0.486. The SMILES string of the molecule is CCCNC(N)=NCc1ccc(CC)s1.I. The zero-order valence-electron chi connectivity index (χ0n) is 9.82. The molecule has 1 aromatic heterocycles. The molecule has 0 saturated heterocycles. The van der Waals surface area contributed by atoms with E-state index in [4.69, 9.17) is 5.73 Å². The van der Waals surface area contributed by atoms with Gasteiger partial charge in [-0.1, -0.05) is 13.8 Å². The molecule has 0 aromatic carbocycles. The molecule has 0 bridgehead atoms. The highest BCUT2D eigenvalue weighted by Gasteiger charge is 1.97. The molecule has 0 amide bonds. The highest BCUT2D eigenvalue weighted by molar-refractivity contribution is 14.0. The normalized spacial score (nSPS) is 11.0. The van der Waals surface area contributed by atoms with Crippen molar-refractivity contribution in [2.24, 2.45) is 10.7 Å². The minimum Gasteiger partial charge on any atom is -0.370 e. The van der Waals surface area contributed by atoms with E-state index in [1.807, 2.05) is 11.3 Å². The van der Waals surface area contributed by atoms with Gasteiger partial charge in [-0.3, -0.25) is 0 Å². The number of thiophene rings is 1. The van der Waals surface area contributed by atoms with Gasteiger partial charge in [0.2, 0.25) is 0 Å². The van der Waals surface area contributed by atoms with Crippen molar-refractivity contribution in [3.05, 3.63) is 21.9 Å². The van der Waals surface area contributed by atoms with Crippen LogP contribution in [0.4, 0.5) is 0 Å². The lowest BCUT2D eigenvalue weighted by molar-refractivity contribution is 0.826. The summed E-state index contributed by atoms with van der Waals surface area (Å²) in [6.07, 6.45) is 2.16. The maximum absolute atomic E-state index is 5.69. The molecular weight excluding hydrogens is 333 g/mol. The van der Waals surface area contributed by atoms with E-state index < -0.39 is 0 Å². The molecule has 0 radical (unpaired) electrons. The van der Waals surface area contributed by atoms with Gasteiger partial charge in [0.25, 0.3) is 0 Å². The van der Waals surface area contributed by atoms with Crippen LogP contribution in [0.5, 0.6) is 0 Å². The third-order valence-electron chi connectivity index (χ3n) is 2.03. The molecule has 0 aliphatic heterocycles. The molecule has 0 fully saturated rings. The van der Waals surface area contributed by atoms with Gasteiger partial charge in [0, 0.05) is 16.3 Å². The second kappa shape index (κ2) is 8.81. The van der Waals surface area contributed by atoms with Gasteiger partial charge >= 0.3 is 0 Å². The third kappa shape index (κ3) is 5.69. The molecule has 1 rings (SSSR count). The Bertz CT molecular complexity index is 323. The molecule has 3 nitrogen and oxygen atoms in total. The first-order chi connectivity index (χ1) is 7.26. The summed E-state index contributed by atoms with van der Waals surface area (Å²) in [5.41, 5.74) is 5.69. The number of hydrogen-bond donors (Lipinski definition) is 2. The van der Waals surface area contributed by atoms with E-state index in [9.17, 15) is 0 Å². The number of aryl methyl sites for hydroxylation is 1. The predicted molar refractivity (Wildman–Crippen MR) is 82.7 cm³/mol. The highest BCUT2D eigenvalue weighted by atomic mass is 127. The Morgan fingerprint density at radius 1 is 1.38 bits per heavy atom. The number of halogens is 1. The van der Waals surface area contributed by atoms with Crippen molar-refractivity contribution in [3.63, 3.8) is 0 Å². The fourth-order valence-electron chi connectivity index (χ4n) is 1.17. The van der Waals surface area contributed by atoms with Gasteiger partial charge in [0.05, 0.1) is 6.54 Å². The molecule has 0 unspecified atom stereocenters. The summed E-state index contributed by atoms with van der Waals surface area (Å²) in [5.74, 6) is 0.545. The number of nitrogens with zero attached hydrogens (tertiary/aromatic N) is 1. The summed E-state index contributed by atoms with van der Waals surface area (Å²) in [5, 5.41) is 3.06. The maximum atomic E-state index is 5.69. The molecule has 0 aliphatic rings. The molecule has 0 aliphatic carbocycles. The lowest BCUT2D eigenvalue weighted by Crippen LogP contribution is -2.32. The second-order valence-corrected chi connectivity index (χ2v) is 4.60. The Hall–Kier alpha value is -0.300. The van der Waals surface area contributed by atoms with Crippen LogP contribution < -0.4 is 11.1 Å². The topological polar surface area (TPSA) is 50.4 Å². The monoisotopic (exact) mass is 353 g/mol. The van der Waals surface area contributed by atoms with Crippen molar-refractivity contribution in [3.8, 4) is 0 Å². The van der Waals surface area contributed by atoms with E-state index >= 15 is 0 Å². The molecule has 3 N–H and O–H groups in total. The van der Waals surface area contributed by atoms with Crippen LogP contribution in [0.3, 0.4) is 0 Å². The Labute approximate surface area is 119 Å². The first kappa shape index (κ1) is 15.7. The Balaban J connectivity index is 0.00000225. The van der Waals surface area contributed by atoms with Crippen LogP contribution >= 0.6 is 35.3 Å². The van der Waals surface area contributed by atoms with Crippen LogP contribution in [-0.4, -0.2) is 12.5 Å². The summed E-state index contributed by atoms with van der Waals surface area (Å²) < 4.78 is 0. The van der Waals surface area contributed by atoms with Gasteiger partial charge in [0.1, 0.15) is 0 Å². The van der Waals surface area contributed by atoms with E-state index in [-0.39, 0.29) is 24.0 Å². The smallest absolute Gasteiger partial charge is 0.188 e. The van der Waals surface area contributed by atoms with E-state index in [0.717, 1.165) is 19.4 Å². The number of aliphatic imine (C=N–C) groups is 1. The first-order valence-electron chi connectivity index (χ1n) is 5.37. The Morgan fingerprint density at radius 3 is 2.62 bits per heavy atom. The van der Waals surface area contributed by atoms with Gasteiger partial charge in [-0.15, -0.1) is 35.3 Å². The summed E-state index contributed by atoms with van der Waals surface area (Å²) in [4.78, 5) is 6.95. The van der Waals surface area contributed by atoms with Crippen molar-refractivity contribution >= 4 is 41.3 Å². The van der Waals surface area contributed by atoms with Crippen molar-refractivity contribution in [1.82, 2.24) is 5.32 Å². The summed E-state index contributed by atoms with van der Waals surface area (Å²) >= 11 is 1.81. The zero-order chi connectivity index (χ0) is 11.1. The fourth-order valence-corrected chi connectivity index (χ4v) is 2.05. The van der Waals surface area contributed by atoms with Crippen LogP contribution in [0.15, 0.2) is 17.1 Å². The number of rotatable bonds is 5. The maximum Gasteiger partial charge on any atom is 0.188 e. The van der Waals surface area contributed by atoms with Crippen LogP contribution in [-0.2, 0) is 13.0 Å². The predicted octanol–water partition coefficient (Wildman–Crippen LogP) is 2.74. The number of hydrogen-bond acceptors (Lipinski definition) is 2. The van der Waals surface area contributed by atoms with Crippen molar-refractivity contribution in [2.75, 3.05) is 6.54 Å². The van der Waals surface area contributed by atoms with E-state index in [1.54, 1.807) is 0 Å². The van der Waals surface area contributed by atoms with Crippen LogP contribution in [0.2, 0.25) is 0 Å². The van der Waals surface area contributed by atoms with E-state index in [0.29, 0.717) is 12.5 Å².